The molecule has 24 N–H and O–H groups in total. The average molecular weight is 1640 g/mol. The van der Waals surface area contributed by atoms with E-state index in [9.17, 15) is 77.3 Å². The maximum atomic E-state index is 14.8. The highest BCUT2D eigenvalue weighted by Gasteiger charge is 2.43. The van der Waals surface area contributed by atoms with Gasteiger partial charge in [-0.2, -0.15) is 0 Å². The van der Waals surface area contributed by atoms with E-state index in [0.717, 1.165) is 23.7 Å². The second kappa shape index (κ2) is 46.1. The molecule has 11 atom stereocenters. The van der Waals surface area contributed by atoms with Crippen LogP contribution in [0.3, 0.4) is 0 Å². The lowest BCUT2D eigenvalue weighted by Crippen LogP contribution is -2.62. The number of nitrogens with zero attached hydrogens (tertiary/aromatic N) is 5. The molecule has 13 amide bonds. The minimum Gasteiger partial charge on any atom is -0.480 e. The molecule has 1 aromatic carbocycles. The average Bonchev–Trinajstić information content (AvgIpc) is 1.63. The van der Waals surface area contributed by atoms with Crippen LogP contribution in [0.2, 0.25) is 0 Å². The first-order valence-corrected chi connectivity index (χ1v) is 39.5. The van der Waals surface area contributed by atoms with Gasteiger partial charge in [0.2, 0.25) is 76.8 Å². The summed E-state index contributed by atoms with van der Waals surface area (Å²) in [5, 5.41) is 50.2. The number of carbonyl (C=O) groups is 14. The highest BCUT2D eigenvalue weighted by Crippen LogP contribution is 2.29. The van der Waals surface area contributed by atoms with Crippen LogP contribution in [-0.2, 0) is 80.0 Å². The van der Waals surface area contributed by atoms with Crippen molar-refractivity contribution in [2.75, 3.05) is 45.9 Å². The van der Waals surface area contributed by atoms with Crippen LogP contribution in [0.25, 0.3) is 0 Å². The van der Waals surface area contributed by atoms with Gasteiger partial charge in [-0.1, -0.05) is 79.9 Å². The lowest BCUT2D eigenvalue weighted by Gasteiger charge is -2.31. The van der Waals surface area contributed by atoms with Crippen molar-refractivity contribution >= 4 is 111 Å². The Kier molecular flexibility index (Phi) is 37.4. The van der Waals surface area contributed by atoms with Crippen LogP contribution in [0.4, 0.5) is 0 Å². The number of amides is 13. The number of aliphatic hydroxyl groups excluding tert-OH is 1. The molecule has 38 nitrogen and oxygen atoms in total. The van der Waals surface area contributed by atoms with Gasteiger partial charge in [-0.05, 0) is 140 Å². The zero-order valence-corrected chi connectivity index (χ0v) is 65.7. The summed E-state index contributed by atoms with van der Waals surface area (Å²) >= 11 is 3.34. The molecular formula is C73H115BrN22O16. The molecular weight excluding hydrogens is 1520 g/mol. The Bertz CT molecular complexity index is 3590. The van der Waals surface area contributed by atoms with Gasteiger partial charge < -0.3 is 112 Å². The number of aliphatic hydroxyl groups is 1. The first kappa shape index (κ1) is 90.8. The smallest absolute Gasteiger partial charge is 0.326 e. The number of halogens is 1. The van der Waals surface area contributed by atoms with E-state index in [1.165, 1.54) is 36.2 Å². The number of carboxylic acid groups (broad SMARTS) is 1. The molecule has 4 heterocycles. The molecule has 39 heteroatoms. The van der Waals surface area contributed by atoms with Crippen LogP contribution in [-0.4, -0.2) is 243 Å². The summed E-state index contributed by atoms with van der Waals surface area (Å²) in [6.07, 6.45) is 10.8. The Morgan fingerprint density at radius 3 is 1.74 bits per heavy atom. The number of H-pyrrole nitrogens is 1. The number of aliphatic imine (C=N–C) groups is 2. The summed E-state index contributed by atoms with van der Waals surface area (Å²) in [6, 6.07) is -7.19. The zero-order chi connectivity index (χ0) is 82.0. The second-order valence-corrected chi connectivity index (χ2v) is 30.3. The summed E-state index contributed by atoms with van der Waals surface area (Å²) in [7, 11) is 0. The number of imidazole rings is 1. The minimum atomic E-state index is -1.76. The van der Waals surface area contributed by atoms with Crippen molar-refractivity contribution in [2.24, 2.45) is 44.6 Å². The van der Waals surface area contributed by atoms with Crippen molar-refractivity contribution in [1.82, 2.24) is 78.3 Å². The number of aromatic nitrogens is 2. The van der Waals surface area contributed by atoms with E-state index < -0.39 is 162 Å². The van der Waals surface area contributed by atoms with E-state index in [0.29, 0.717) is 69.0 Å². The number of aliphatic carboxylic acids is 1. The third-order valence-corrected chi connectivity index (χ3v) is 20.7. The lowest BCUT2D eigenvalue weighted by atomic mass is 9.84. The Labute approximate surface area is 659 Å². The normalized spacial score (nSPS) is 18.4. The number of benzene rings is 1. The summed E-state index contributed by atoms with van der Waals surface area (Å²) in [4.78, 5) is 213. The number of rotatable bonds is 46. The van der Waals surface area contributed by atoms with Gasteiger partial charge in [0, 0.05) is 61.8 Å². The van der Waals surface area contributed by atoms with Crippen molar-refractivity contribution < 1.29 is 77.3 Å². The summed E-state index contributed by atoms with van der Waals surface area (Å²) in [6.45, 7) is 3.75. The van der Waals surface area contributed by atoms with E-state index in [-0.39, 0.29) is 140 Å². The standard InChI is InChI=1S/C73H115BrN22O16/c1-4-5-18-48(65(106)94-73(2,3)70(112)93-53(69(110)111)36-43-24-26-44(74)27-25-43)88-66(107)55-22-14-33-95(55)58(99)39-83-59(100)46(19-9-11-30-75)86-63(104)52(37-45-38-80-41-84-45)91-64(105)54(40-97)92-62(103)51(35-42-16-7-6-8-17-42)90-60(101)47(20-10-12-31-81-71(76)77)87-67(108)56-23-15-34-96(56)68(109)50(21-13-32-82-72(78)79)89-61(102)49-28-29-57(98)85-49/h24-27,38,41-42,46-56,97H,4-23,28-37,39-40,75H2,1-3H3,(H,80,84)(H,83,100)(H,85,98)(H,86,104)(H,87,108)(H,88,107)(H,89,102)(H,90,101)(H,91,105)(H,92,103)(H,93,112)(H,94,106)(H,110,111)(H4,76,77,81)(H4,78,79,82)/t46-,47-,48-,49-,50-,51-,52-,53-,54-,55-,56-/m0/s1. The third kappa shape index (κ3) is 29.6. The SMILES string of the molecule is CCCC[C@H](NC(=O)[C@@H]1CCCN1C(=O)CNC(=O)[C@H](CCCCN)NC(=O)[C@H](Cc1cnc[nH]1)NC(=O)[C@H](CO)NC(=O)[C@H](CC1CCCCC1)NC(=O)[C@H](CCCCN=C(N)N)NC(=O)[C@@H]1CCCN1C(=O)[C@H](CCCN=C(N)N)NC(=O)[C@@H]1CCC(=O)N1)C(=O)NC(C)(C)C(=O)N[C@@H](Cc1ccc(Br)cc1)C(=O)O. The number of carbonyl (C=O) groups excluding carboxylic acids is 13. The predicted octanol–water partition coefficient (Wildman–Crippen LogP) is -3.03. The number of unbranched alkanes of at least 4 members (excludes halogenated alkanes) is 3. The van der Waals surface area contributed by atoms with E-state index in [4.69, 9.17) is 28.7 Å². The molecule has 3 saturated heterocycles. The Hall–Kier alpha value is -10.1. The maximum Gasteiger partial charge on any atom is 0.326 e. The van der Waals surface area contributed by atoms with Gasteiger partial charge in [0.25, 0.3) is 0 Å². The van der Waals surface area contributed by atoms with Crippen molar-refractivity contribution in [3.05, 3.63) is 52.5 Å². The van der Waals surface area contributed by atoms with Gasteiger partial charge in [-0.3, -0.25) is 72.3 Å². The Morgan fingerprint density at radius 2 is 1.14 bits per heavy atom. The predicted molar refractivity (Wildman–Crippen MR) is 414 cm³/mol. The van der Waals surface area contributed by atoms with Crippen LogP contribution in [0.15, 0.2) is 51.2 Å². The van der Waals surface area contributed by atoms with Crippen LogP contribution in [0, 0.1) is 5.92 Å². The van der Waals surface area contributed by atoms with Crippen LogP contribution in [0.1, 0.15) is 180 Å². The number of nitrogens with one attached hydrogen (secondary N) is 12. The number of hydrogen-bond donors (Lipinski definition) is 19. The van der Waals surface area contributed by atoms with Gasteiger partial charge in [0.1, 0.15) is 72.0 Å². The van der Waals surface area contributed by atoms with E-state index in [1.54, 1.807) is 24.3 Å². The fourth-order valence-corrected chi connectivity index (χ4v) is 14.2. The molecule has 1 aromatic heterocycles. The molecule has 3 aliphatic heterocycles. The van der Waals surface area contributed by atoms with Gasteiger partial charge in [-0.15, -0.1) is 0 Å². The highest BCUT2D eigenvalue weighted by atomic mass is 79.9. The van der Waals surface area contributed by atoms with Crippen LogP contribution in [0.5, 0.6) is 0 Å². The quantitative estimate of drug-likeness (QED) is 0.0178. The minimum absolute atomic E-state index is 0.00563. The van der Waals surface area contributed by atoms with Crippen LogP contribution >= 0.6 is 15.9 Å². The lowest BCUT2D eigenvalue weighted by molar-refractivity contribution is -0.143. The summed E-state index contributed by atoms with van der Waals surface area (Å²) < 4.78 is 0.777. The number of hydrogen-bond acceptors (Lipinski definition) is 19. The van der Waals surface area contributed by atoms with Crippen molar-refractivity contribution in [3.8, 4) is 0 Å². The van der Waals surface area contributed by atoms with E-state index >= 15 is 0 Å². The Morgan fingerprint density at radius 1 is 0.598 bits per heavy atom. The molecule has 0 bridgehead atoms. The number of likely N-dealkylation sites (tertiary alicyclic amines) is 2. The number of carboxylic acids is 1. The van der Waals surface area contributed by atoms with E-state index in [1.807, 2.05) is 6.92 Å². The molecule has 0 radical (unpaired) electrons. The molecule has 620 valence electrons. The molecule has 2 aromatic rings. The molecule has 1 saturated carbocycles. The zero-order valence-electron chi connectivity index (χ0n) is 64.1. The first-order valence-electron chi connectivity index (χ1n) is 38.7. The maximum absolute atomic E-state index is 14.8. The number of nitrogens with two attached hydrogens (primary N) is 5. The molecule has 112 heavy (non-hydrogen) atoms. The molecule has 1 aliphatic carbocycles. The topological polar surface area (TPSA) is 602 Å². The fourth-order valence-electron chi connectivity index (χ4n) is 13.9. The Balaban J connectivity index is 1.13. The molecule has 0 spiro atoms. The summed E-state index contributed by atoms with van der Waals surface area (Å²) in [5.41, 5.74) is 27.4. The first-order chi connectivity index (χ1) is 53.4. The molecule has 4 fully saturated rings. The number of aromatic amines is 1. The number of guanidine groups is 2. The van der Waals surface area contributed by atoms with Gasteiger partial charge in [-0.25, -0.2) is 9.78 Å². The monoisotopic (exact) mass is 1630 g/mol. The molecule has 4 aliphatic rings. The van der Waals surface area contributed by atoms with Gasteiger partial charge >= 0.3 is 5.97 Å². The molecule has 6 rings (SSSR count). The second-order valence-electron chi connectivity index (χ2n) is 29.4. The van der Waals surface area contributed by atoms with Crippen molar-refractivity contribution in [2.45, 2.75) is 253 Å². The van der Waals surface area contributed by atoms with Crippen molar-refractivity contribution in [1.29, 1.82) is 0 Å². The highest BCUT2D eigenvalue weighted by molar-refractivity contribution is 9.10. The fraction of sp³-hybridized carbons (Fsp3) is 0.658. The van der Waals surface area contributed by atoms with Crippen molar-refractivity contribution in [3.63, 3.8) is 0 Å². The molecule has 0 unspecified atom stereocenters. The largest absolute Gasteiger partial charge is 0.480 e. The van der Waals surface area contributed by atoms with Crippen LogP contribution < -0.4 is 87.2 Å². The van der Waals surface area contributed by atoms with E-state index in [2.05, 4.69) is 94.4 Å². The summed E-state index contributed by atoms with van der Waals surface area (Å²) in [5.74, 6) is -11.3. The van der Waals surface area contributed by atoms with Gasteiger partial charge in [0.05, 0.1) is 19.5 Å². The van der Waals surface area contributed by atoms with Gasteiger partial charge in [0.15, 0.2) is 11.9 Å². The third-order valence-electron chi connectivity index (χ3n) is 20.2.